The van der Waals surface area contributed by atoms with E-state index in [0.717, 1.165) is 63.5 Å². The molecule has 0 spiro atoms. The fourth-order valence-corrected chi connectivity index (χ4v) is 5.65. The zero-order valence-electron chi connectivity index (χ0n) is 21.9. The van der Waals surface area contributed by atoms with Gasteiger partial charge in [-0.2, -0.15) is 13.2 Å². The van der Waals surface area contributed by atoms with Crippen molar-refractivity contribution in [1.82, 2.24) is 20.4 Å². The normalized spacial score (nSPS) is 22.7. The first-order chi connectivity index (χ1) is 17.5. The summed E-state index contributed by atoms with van der Waals surface area (Å²) in [6.45, 7) is 8.36. The Morgan fingerprint density at radius 1 is 1.11 bits per heavy atom. The van der Waals surface area contributed by atoms with E-state index in [1.807, 2.05) is 4.90 Å². The molecular formula is C27H39F3N4O3. The van der Waals surface area contributed by atoms with Crippen molar-refractivity contribution < 1.29 is 27.6 Å². The van der Waals surface area contributed by atoms with Gasteiger partial charge in [-0.15, -0.1) is 0 Å². The lowest BCUT2D eigenvalue weighted by atomic mass is 9.79. The minimum Gasteiger partial charge on any atom is -0.351 e. The van der Waals surface area contributed by atoms with Crippen LogP contribution in [-0.4, -0.2) is 71.8 Å². The van der Waals surface area contributed by atoms with E-state index >= 15 is 0 Å². The fraction of sp³-hybridized carbons (Fsp3) is 0.667. The van der Waals surface area contributed by atoms with Gasteiger partial charge in [0.25, 0.3) is 5.91 Å². The molecule has 3 rings (SSSR count). The second-order valence-corrected chi connectivity index (χ2v) is 10.3. The quantitative estimate of drug-likeness (QED) is 0.542. The van der Waals surface area contributed by atoms with Crippen LogP contribution in [0.3, 0.4) is 0 Å². The Balaban J connectivity index is 1.64. The standard InChI is InChI=1S/C27H39F3N4O3/c1-4-34(18(2)3)21-11-12-23(22(16-21)26(37)33-13-6-5-7-14-33)32-24(35)17-31-25(36)19-9-8-10-20(15-19)27(28,29)30/h8-10,15,18,21-23H,4-7,11-14,16-17H2,1-3H3,(H,31,36)(H,32,35)/t21-,22-,23+/m1/s1. The molecule has 1 heterocycles. The summed E-state index contributed by atoms with van der Waals surface area (Å²) in [4.78, 5) is 43.0. The molecule has 3 atom stereocenters. The Kier molecular flexibility index (Phi) is 9.98. The van der Waals surface area contributed by atoms with Crippen molar-refractivity contribution in [3.05, 3.63) is 35.4 Å². The summed E-state index contributed by atoms with van der Waals surface area (Å²) in [6.07, 6.45) is 0.651. The number of carbonyl (C=O) groups is 3. The van der Waals surface area contributed by atoms with Crippen molar-refractivity contribution in [3.63, 3.8) is 0 Å². The summed E-state index contributed by atoms with van der Waals surface area (Å²) in [5.41, 5.74) is -1.10. The predicted octanol–water partition coefficient (Wildman–Crippen LogP) is 3.83. The number of amides is 3. The minimum absolute atomic E-state index is 0.0718. The Morgan fingerprint density at radius 2 is 1.81 bits per heavy atom. The van der Waals surface area contributed by atoms with Crippen LogP contribution in [0.4, 0.5) is 13.2 Å². The molecule has 2 fully saturated rings. The maximum Gasteiger partial charge on any atom is 0.416 e. The zero-order chi connectivity index (χ0) is 27.2. The van der Waals surface area contributed by atoms with Crippen molar-refractivity contribution in [2.45, 2.75) is 83.6 Å². The zero-order valence-corrected chi connectivity index (χ0v) is 21.9. The minimum atomic E-state index is -4.56. The van der Waals surface area contributed by atoms with Gasteiger partial charge in [-0.1, -0.05) is 13.0 Å². The molecule has 0 bridgehead atoms. The summed E-state index contributed by atoms with van der Waals surface area (Å²) in [6, 6.07) is 4.31. The molecular weight excluding hydrogens is 485 g/mol. The molecule has 3 amide bonds. The first kappa shape index (κ1) is 28.9. The molecule has 1 aliphatic carbocycles. The van der Waals surface area contributed by atoms with Crippen LogP contribution in [0.5, 0.6) is 0 Å². The summed E-state index contributed by atoms with van der Waals surface area (Å²) in [7, 11) is 0. The van der Waals surface area contributed by atoms with Crippen molar-refractivity contribution in [3.8, 4) is 0 Å². The fourth-order valence-electron chi connectivity index (χ4n) is 5.65. The highest BCUT2D eigenvalue weighted by Gasteiger charge is 2.40. The second-order valence-electron chi connectivity index (χ2n) is 10.3. The Morgan fingerprint density at radius 3 is 2.43 bits per heavy atom. The lowest BCUT2D eigenvalue weighted by molar-refractivity contribution is -0.140. The highest BCUT2D eigenvalue weighted by molar-refractivity contribution is 5.96. The Labute approximate surface area is 217 Å². The van der Waals surface area contributed by atoms with Crippen LogP contribution in [0, 0.1) is 5.92 Å². The third-order valence-electron chi connectivity index (χ3n) is 7.51. The molecule has 2 N–H and O–H groups in total. The first-order valence-corrected chi connectivity index (χ1v) is 13.3. The molecule has 0 unspecified atom stereocenters. The number of alkyl halides is 3. The number of nitrogens with zero attached hydrogens (tertiary/aromatic N) is 2. The highest BCUT2D eigenvalue weighted by atomic mass is 19.4. The molecule has 37 heavy (non-hydrogen) atoms. The monoisotopic (exact) mass is 524 g/mol. The van der Waals surface area contributed by atoms with Crippen LogP contribution in [0.2, 0.25) is 0 Å². The first-order valence-electron chi connectivity index (χ1n) is 13.3. The Bertz CT molecular complexity index is 947. The number of halogens is 3. The predicted molar refractivity (Wildman–Crippen MR) is 135 cm³/mol. The summed E-state index contributed by atoms with van der Waals surface area (Å²) in [5.74, 6) is -1.51. The molecule has 7 nitrogen and oxygen atoms in total. The van der Waals surface area contributed by atoms with E-state index in [9.17, 15) is 27.6 Å². The van der Waals surface area contributed by atoms with Gasteiger partial charge in [-0.05, 0) is 77.1 Å². The second kappa shape index (κ2) is 12.8. The Hall–Kier alpha value is -2.62. The number of hydrogen-bond donors (Lipinski definition) is 2. The van der Waals surface area contributed by atoms with E-state index in [-0.39, 0.29) is 36.0 Å². The molecule has 2 aliphatic rings. The maximum absolute atomic E-state index is 13.5. The molecule has 1 aromatic carbocycles. The van der Waals surface area contributed by atoms with Crippen LogP contribution < -0.4 is 10.6 Å². The van der Waals surface area contributed by atoms with Gasteiger partial charge in [0.2, 0.25) is 11.8 Å². The van der Waals surface area contributed by atoms with Crippen LogP contribution in [-0.2, 0) is 15.8 Å². The molecule has 1 aliphatic heterocycles. The van der Waals surface area contributed by atoms with E-state index < -0.39 is 23.6 Å². The van der Waals surface area contributed by atoms with Crippen LogP contribution in [0.1, 0.15) is 75.2 Å². The number of likely N-dealkylation sites (tertiary alicyclic amines) is 1. The maximum atomic E-state index is 13.5. The van der Waals surface area contributed by atoms with Gasteiger partial charge < -0.3 is 15.5 Å². The number of hydrogen-bond acceptors (Lipinski definition) is 4. The van der Waals surface area contributed by atoms with Crippen molar-refractivity contribution in [2.24, 2.45) is 5.92 Å². The van der Waals surface area contributed by atoms with Gasteiger partial charge in [0.1, 0.15) is 0 Å². The molecule has 1 saturated carbocycles. The van der Waals surface area contributed by atoms with Crippen molar-refractivity contribution >= 4 is 17.7 Å². The van der Waals surface area contributed by atoms with Gasteiger partial charge in [-0.25, -0.2) is 0 Å². The molecule has 1 aromatic rings. The summed E-state index contributed by atoms with van der Waals surface area (Å²) < 4.78 is 38.9. The van der Waals surface area contributed by atoms with Crippen molar-refractivity contribution in [1.29, 1.82) is 0 Å². The SMILES string of the molecule is CCN(C(C)C)[C@@H]1CC[C@H](NC(=O)CNC(=O)c2cccc(C(F)(F)F)c2)[C@H](C(=O)N2CCCCC2)C1. The molecule has 1 saturated heterocycles. The van der Waals surface area contributed by atoms with Crippen LogP contribution in [0.15, 0.2) is 24.3 Å². The smallest absolute Gasteiger partial charge is 0.351 e. The molecule has 10 heteroatoms. The van der Waals surface area contributed by atoms with Gasteiger partial charge in [0.05, 0.1) is 18.0 Å². The van der Waals surface area contributed by atoms with E-state index in [4.69, 9.17) is 0 Å². The third-order valence-corrected chi connectivity index (χ3v) is 7.51. The van der Waals surface area contributed by atoms with E-state index in [1.165, 1.54) is 6.07 Å². The molecule has 206 valence electrons. The average molecular weight is 525 g/mol. The van der Waals surface area contributed by atoms with Gasteiger partial charge in [-0.3, -0.25) is 19.3 Å². The number of rotatable bonds is 8. The number of carbonyl (C=O) groups excluding carboxylic acids is 3. The van der Waals surface area contributed by atoms with Crippen LogP contribution in [0.25, 0.3) is 0 Å². The van der Waals surface area contributed by atoms with Crippen LogP contribution >= 0.6 is 0 Å². The number of benzene rings is 1. The van der Waals surface area contributed by atoms with Gasteiger partial charge >= 0.3 is 6.18 Å². The largest absolute Gasteiger partial charge is 0.416 e. The summed E-state index contributed by atoms with van der Waals surface area (Å²) in [5, 5.41) is 5.34. The number of nitrogens with one attached hydrogen (secondary N) is 2. The van der Waals surface area contributed by atoms with E-state index in [1.54, 1.807) is 0 Å². The van der Waals surface area contributed by atoms with E-state index in [0.29, 0.717) is 18.9 Å². The van der Waals surface area contributed by atoms with E-state index in [2.05, 4.69) is 36.3 Å². The lowest BCUT2D eigenvalue weighted by Gasteiger charge is -2.44. The topological polar surface area (TPSA) is 81.8 Å². The van der Waals surface area contributed by atoms with Crippen molar-refractivity contribution in [2.75, 3.05) is 26.2 Å². The lowest BCUT2D eigenvalue weighted by Crippen LogP contribution is -2.56. The number of piperidine rings is 1. The highest BCUT2D eigenvalue weighted by Crippen LogP contribution is 2.32. The third kappa shape index (κ3) is 7.69. The van der Waals surface area contributed by atoms with Gasteiger partial charge in [0.15, 0.2) is 0 Å². The molecule has 0 aromatic heterocycles. The average Bonchev–Trinajstić information content (AvgIpc) is 2.88. The summed E-state index contributed by atoms with van der Waals surface area (Å²) >= 11 is 0. The van der Waals surface area contributed by atoms with Gasteiger partial charge in [0, 0.05) is 36.8 Å². The molecule has 0 radical (unpaired) electrons.